The predicted molar refractivity (Wildman–Crippen MR) is 74.0 cm³/mol. The summed E-state index contributed by atoms with van der Waals surface area (Å²) in [6.07, 6.45) is 9.69. The zero-order valence-electron chi connectivity index (χ0n) is 10.8. The van der Waals surface area contributed by atoms with Crippen LogP contribution in [-0.2, 0) is 0 Å². The van der Waals surface area contributed by atoms with E-state index in [0.29, 0.717) is 11.7 Å². The van der Waals surface area contributed by atoms with Crippen LogP contribution in [0.25, 0.3) is 5.69 Å². The Bertz CT molecular complexity index is 544. The highest BCUT2D eigenvalue weighted by atomic mass is 19.1. The van der Waals surface area contributed by atoms with Crippen molar-refractivity contribution in [1.29, 1.82) is 0 Å². The summed E-state index contributed by atoms with van der Waals surface area (Å²) in [5, 5.41) is 3.44. The van der Waals surface area contributed by atoms with Crippen LogP contribution >= 0.6 is 0 Å². The molecule has 1 aromatic carbocycles. The van der Waals surface area contributed by atoms with E-state index in [2.05, 4.69) is 10.3 Å². The largest absolute Gasteiger partial charge is 0.353 e. The number of hydrogen-bond donors (Lipinski definition) is 1. The third-order valence-electron chi connectivity index (χ3n) is 3.69. The van der Waals surface area contributed by atoms with Crippen molar-refractivity contribution < 1.29 is 4.39 Å². The van der Waals surface area contributed by atoms with Crippen LogP contribution in [0.3, 0.4) is 0 Å². The molecule has 3 nitrogen and oxygen atoms in total. The van der Waals surface area contributed by atoms with Crippen LogP contribution in [0, 0.1) is 5.82 Å². The maximum absolute atomic E-state index is 13.8. The Morgan fingerprint density at radius 1 is 1.16 bits per heavy atom. The highest BCUT2D eigenvalue weighted by molar-refractivity contribution is 5.43. The number of nitrogens with zero attached hydrogens (tertiary/aromatic N) is 2. The number of imidazole rings is 1. The van der Waals surface area contributed by atoms with E-state index in [-0.39, 0.29) is 5.82 Å². The molecule has 0 aliphatic heterocycles. The van der Waals surface area contributed by atoms with E-state index >= 15 is 0 Å². The topological polar surface area (TPSA) is 29.9 Å². The summed E-state index contributed by atoms with van der Waals surface area (Å²) in [5.74, 6) is 0.504. The lowest BCUT2D eigenvalue weighted by Crippen LogP contribution is -2.24. The summed E-state index contributed by atoms with van der Waals surface area (Å²) in [7, 11) is 0. The van der Waals surface area contributed by atoms with Crippen molar-refractivity contribution in [3.8, 4) is 5.69 Å². The van der Waals surface area contributed by atoms with Crippen LogP contribution in [0.1, 0.15) is 32.1 Å². The third kappa shape index (κ3) is 2.62. The summed E-state index contributed by atoms with van der Waals surface area (Å²) in [6.45, 7) is 0. The molecule has 1 N–H and O–H groups in total. The van der Waals surface area contributed by atoms with Gasteiger partial charge in [0.15, 0.2) is 0 Å². The minimum Gasteiger partial charge on any atom is -0.353 e. The maximum atomic E-state index is 13.8. The Morgan fingerprint density at radius 3 is 2.74 bits per heavy atom. The van der Waals surface area contributed by atoms with Crippen molar-refractivity contribution in [3.05, 3.63) is 42.5 Å². The molecule has 4 heteroatoms. The van der Waals surface area contributed by atoms with E-state index in [1.165, 1.54) is 38.2 Å². The molecular formula is C15H18FN3. The van der Waals surface area contributed by atoms with E-state index in [1.807, 2.05) is 6.07 Å². The van der Waals surface area contributed by atoms with E-state index in [0.717, 1.165) is 5.95 Å². The molecule has 0 bridgehead atoms. The molecule has 2 aromatic rings. The van der Waals surface area contributed by atoms with Gasteiger partial charge in [0.2, 0.25) is 5.95 Å². The van der Waals surface area contributed by atoms with Crippen LogP contribution in [0.5, 0.6) is 0 Å². The fraction of sp³-hybridized carbons (Fsp3) is 0.400. The monoisotopic (exact) mass is 259 g/mol. The van der Waals surface area contributed by atoms with Gasteiger partial charge in [-0.3, -0.25) is 4.57 Å². The Kier molecular flexibility index (Phi) is 3.49. The number of rotatable bonds is 3. The number of hydrogen-bond acceptors (Lipinski definition) is 2. The molecule has 1 aliphatic rings. The van der Waals surface area contributed by atoms with Crippen molar-refractivity contribution in [2.75, 3.05) is 5.32 Å². The molecule has 0 atom stereocenters. The second-order valence-corrected chi connectivity index (χ2v) is 5.05. The van der Waals surface area contributed by atoms with Crippen LogP contribution in [0.15, 0.2) is 36.7 Å². The molecule has 3 rings (SSSR count). The van der Waals surface area contributed by atoms with Crippen LogP contribution < -0.4 is 5.32 Å². The van der Waals surface area contributed by atoms with E-state index < -0.39 is 0 Å². The van der Waals surface area contributed by atoms with Gasteiger partial charge in [0.25, 0.3) is 0 Å². The Morgan fingerprint density at radius 2 is 1.95 bits per heavy atom. The molecule has 1 aromatic heterocycles. The average molecular weight is 259 g/mol. The molecule has 19 heavy (non-hydrogen) atoms. The second-order valence-electron chi connectivity index (χ2n) is 5.05. The van der Waals surface area contributed by atoms with Crippen molar-refractivity contribution in [2.24, 2.45) is 0 Å². The SMILES string of the molecule is Fc1ccccc1-n1ccnc1NC1CCCCC1. The molecule has 1 fully saturated rings. The molecule has 0 unspecified atom stereocenters. The van der Waals surface area contributed by atoms with Gasteiger partial charge in [-0.25, -0.2) is 9.37 Å². The fourth-order valence-corrected chi connectivity index (χ4v) is 2.68. The summed E-state index contributed by atoms with van der Waals surface area (Å²) < 4.78 is 15.6. The van der Waals surface area contributed by atoms with Crippen LogP contribution in [0.4, 0.5) is 10.3 Å². The van der Waals surface area contributed by atoms with Gasteiger partial charge < -0.3 is 5.32 Å². The number of nitrogens with one attached hydrogen (secondary N) is 1. The third-order valence-corrected chi connectivity index (χ3v) is 3.69. The van der Waals surface area contributed by atoms with Gasteiger partial charge in [-0.15, -0.1) is 0 Å². The van der Waals surface area contributed by atoms with Crippen molar-refractivity contribution in [2.45, 2.75) is 38.1 Å². The average Bonchev–Trinajstić information content (AvgIpc) is 2.88. The molecule has 1 saturated carbocycles. The molecular weight excluding hydrogens is 241 g/mol. The number of anilines is 1. The van der Waals surface area contributed by atoms with Crippen molar-refractivity contribution in [3.63, 3.8) is 0 Å². The standard InChI is InChI=1S/C15H18FN3/c16-13-8-4-5-9-14(13)19-11-10-17-15(19)18-12-6-2-1-3-7-12/h4-5,8-12H,1-3,6-7H2,(H,17,18). The molecule has 0 saturated heterocycles. The van der Waals surface area contributed by atoms with Gasteiger partial charge in [0.1, 0.15) is 5.82 Å². The van der Waals surface area contributed by atoms with Gasteiger partial charge >= 0.3 is 0 Å². The first-order chi connectivity index (χ1) is 9.34. The van der Waals surface area contributed by atoms with Crippen molar-refractivity contribution >= 4 is 5.95 Å². The minimum atomic E-state index is -0.229. The zero-order valence-corrected chi connectivity index (χ0v) is 10.8. The predicted octanol–water partition coefficient (Wildman–Crippen LogP) is 3.76. The number of aromatic nitrogens is 2. The number of halogens is 1. The number of para-hydroxylation sites is 1. The van der Waals surface area contributed by atoms with Gasteiger partial charge in [0, 0.05) is 18.4 Å². The lowest BCUT2D eigenvalue weighted by atomic mass is 9.96. The van der Waals surface area contributed by atoms with Gasteiger partial charge in [-0.1, -0.05) is 31.4 Å². The summed E-state index contributed by atoms with van der Waals surface area (Å²) in [6, 6.07) is 7.23. The Hall–Kier alpha value is -1.84. The number of benzene rings is 1. The van der Waals surface area contributed by atoms with Crippen molar-refractivity contribution in [1.82, 2.24) is 9.55 Å². The maximum Gasteiger partial charge on any atom is 0.207 e. The molecule has 0 amide bonds. The normalized spacial score (nSPS) is 16.5. The molecule has 0 radical (unpaired) electrons. The molecule has 1 heterocycles. The van der Waals surface area contributed by atoms with Gasteiger partial charge in [-0.05, 0) is 25.0 Å². The fourth-order valence-electron chi connectivity index (χ4n) is 2.68. The van der Waals surface area contributed by atoms with Crippen LogP contribution in [-0.4, -0.2) is 15.6 Å². The Balaban J connectivity index is 1.84. The smallest absolute Gasteiger partial charge is 0.207 e. The summed E-state index contributed by atoms with van der Waals surface area (Å²) in [5.41, 5.74) is 0.540. The first-order valence-corrected chi connectivity index (χ1v) is 6.89. The summed E-state index contributed by atoms with van der Waals surface area (Å²) in [4.78, 5) is 4.31. The molecule has 1 aliphatic carbocycles. The van der Waals surface area contributed by atoms with Gasteiger partial charge in [-0.2, -0.15) is 0 Å². The first kappa shape index (κ1) is 12.2. The van der Waals surface area contributed by atoms with Crippen LogP contribution in [0.2, 0.25) is 0 Å². The van der Waals surface area contributed by atoms with E-state index in [4.69, 9.17) is 0 Å². The second kappa shape index (κ2) is 5.43. The highest BCUT2D eigenvalue weighted by Gasteiger charge is 2.16. The zero-order chi connectivity index (χ0) is 13.1. The highest BCUT2D eigenvalue weighted by Crippen LogP contribution is 2.23. The Labute approximate surface area is 112 Å². The lowest BCUT2D eigenvalue weighted by molar-refractivity contribution is 0.460. The minimum absolute atomic E-state index is 0.229. The first-order valence-electron chi connectivity index (χ1n) is 6.89. The molecule has 100 valence electrons. The van der Waals surface area contributed by atoms with Gasteiger partial charge in [0.05, 0.1) is 5.69 Å². The van der Waals surface area contributed by atoms with E-state index in [9.17, 15) is 4.39 Å². The lowest BCUT2D eigenvalue weighted by Gasteiger charge is -2.23. The molecule has 0 spiro atoms. The van der Waals surface area contributed by atoms with E-state index in [1.54, 1.807) is 29.1 Å². The quantitative estimate of drug-likeness (QED) is 0.909. The summed E-state index contributed by atoms with van der Waals surface area (Å²) >= 11 is 0.